The molecule has 0 unspecified atom stereocenters. The van der Waals surface area contributed by atoms with Gasteiger partial charge in [-0.1, -0.05) is 43.9 Å². The first kappa shape index (κ1) is 18.2. The summed E-state index contributed by atoms with van der Waals surface area (Å²) in [6, 6.07) is 10.1. The van der Waals surface area contributed by atoms with E-state index in [-0.39, 0.29) is 17.9 Å². The van der Waals surface area contributed by atoms with Gasteiger partial charge in [-0.15, -0.1) is 0 Å². The highest BCUT2D eigenvalue weighted by Gasteiger charge is 2.39. The lowest BCUT2D eigenvalue weighted by molar-refractivity contribution is 0.0933. The van der Waals surface area contributed by atoms with Crippen LogP contribution in [0.4, 0.5) is 0 Å². The van der Waals surface area contributed by atoms with Crippen molar-refractivity contribution in [3.8, 4) is 0 Å². The third-order valence-corrected chi connectivity index (χ3v) is 5.99. The molecular formula is C21H29N5O. The molecule has 144 valence electrons. The number of carbonyl (C=O) groups excluding carboxylic acids is 1. The zero-order valence-electron chi connectivity index (χ0n) is 16.0. The lowest BCUT2D eigenvalue weighted by Crippen LogP contribution is -2.41. The summed E-state index contributed by atoms with van der Waals surface area (Å²) < 4.78 is 0. The van der Waals surface area contributed by atoms with Crippen LogP contribution in [0.5, 0.6) is 0 Å². The van der Waals surface area contributed by atoms with E-state index in [0.717, 1.165) is 24.7 Å². The van der Waals surface area contributed by atoms with Gasteiger partial charge in [0, 0.05) is 24.7 Å². The fourth-order valence-electron chi connectivity index (χ4n) is 4.53. The molecule has 0 spiro atoms. The maximum Gasteiger partial charge on any atom is 0.251 e. The Morgan fingerprint density at radius 3 is 2.52 bits per heavy atom. The quantitative estimate of drug-likeness (QED) is 0.815. The molecule has 2 aliphatic rings. The first-order chi connectivity index (χ1) is 13.2. The number of aromatic nitrogens is 3. The molecule has 1 aliphatic carbocycles. The van der Waals surface area contributed by atoms with E-state index in [1.807, 2.05) is 37.3 Å². The molecule has 2 atom stereocenters. The lowest BCUT2D eigenvalue weighted by Gasteiger charge is -2.26. The minimum absolute atomic E-state index is 0.0134. The summed E-state index contributed by atoms with van der Waals surface area (Å²) in [7, 11) is 0. The van der Waals surface area contributed by atoms with Crippen molar-refractivity contribution >= 4 is 5.91 Å². The van der Waals surface area contributed by atoms with E-state index < -0.39 is 0 Å². The Morgan fingerprint density at radius 2 is 1.85 bits per heavy atom. The van der Waals surface area contributed by atoms with Crippen LogP contribution < -0.4 is 5.32 Å². The van der Waals surface area contributed by atoms with Crippen LogP contribution in [-0.4, -0.2) is 51.2 Å². The predicted octanol–water partition coefficient (Wildman–Crippen LogP) is 3.03. The van der Waals surface area contributed by atoms with Crippen molar-refractivity contribution in [2.75, 3.05) is 13.1 Å². The minimum Gasteiger partial charge on any atom is -0.347 e. The van der Waals surface area contributed by atoms with Crippen molar-refractivity contribution in [3.63, 3.8) is 0 Å². The van der Waals surface area contributed by atoms with E-state index in [0.29, 0.717) is 11.6 Å². The Bertz CT molecular complexity index is 751. The number of nitrogens with one attached hydrogen (secondary N) is 2. The normalized spacial score (nSPS) is 24.6. The Balaban J connectivity index is 1.52. The maximum absolute atomic E-state index is 12.7. The first-order valence-corrected chi connectivity index (χ1v) is 10.2. The first-order valence-electron chi connectivity index (χ1n) is 10.2. The molecule has 2 aromatic rings. The number of likely N-dealkylation sites (tertiary alicyclic amines) is 1. The number of aromatic amines is 1. The molecular weight excluding hydrogens is 338 g/mol. The molecule has 1 saturated heterocycles. The Labute approximate surface area is 160 Å². The summed E-state index contributed by atoms with van der Waals surface area (Å²) in [5.41, 5.74) is 0.704. The van der Waals surface area contributed by atoms with Gasteiger partial charge in [-0.2, -0.15) is 5.10 Å². The van der Waals surface area contributed by atoms with Gasteiger partial charge in [-0.05, 0) is 31.9 Å². The van der Waals surface area contributed by atoms with E-state index >= 15 is 0 Å². The van der Waals surface area contributed by atoms with E-state index in [1.165, 1.54) is 38.5 Å². The molecule has 0 bridgehead atoms. The number of benzene rings is 1. The third kappa shape index (κ3) is 4.21. The fraction of sp³-hybridized carbons (Fsp3) is 0.571. The summed E-state index contributed by atoms with van der Waals surface area (Å²) in [5, 5.41) is 10.6. The van der Waals surface area contributed by atoms with Crippen molar-refractivity contribution in [1.29, 1.82) is 0 Å². The van der Waals surface area contributed by atoms with Crippen molar-refractivity contribution in [3.05, 3.63) is 47.5 Å². The molecule has 1 aliphatic heterocycles. The Morgan fingerprint density at radius 1 is 1.11 bits per heavy atom. The second kappa shape index (κ2) is 8.21. The number of H-pyrrole nitrogens is 1. The van der Waals surface area contributed by atoms with Crippen molar-refractivity contribution in [2.24, 2.45) is 0 Å². The molecule has 1 saturated carbocycles. The molecule has 1 amide bonds. The lowest BCUT2D eigenvalue weighted by atomic mass is 10.0. The van der Waals surface area contributed by atoms with Crippen molar-refractivity contribution in [1.82, 2.24) is 25.4 Å². The monoisotopic (exact) mass is 367 g/mol. The van der Waals surface area contributed by atoms with Crippen LogP contribution in [0.2, 0.25) is 0 Å². The van der Waals surface area contributed by atoms with Crippen LogP contribution in [0.25, 0.3) is 0 Å². The average molecular weight is 367 g/mol. The van der Waals surface area contributed by atoms with Crippen LogP contribution in [0, 0.1) is 6.92 Å². The molecule has 4 rings (SSSR count). The van der Waals surface area contributed by atoms with Crippen molar-refractivity contribution < 1.29 is 4.79 Å². The molecule has 2 fully saturated rings. The van der Waals surface area contributed by atoms with Crippen LogP contribution in [0.1, 0.15) is 66.4 Å². The number of hydrogen-bond acceptors (Lipinski definition) is 4. The maximum atomic E-state index is 12.7. The minimum atomic E-state index is -0.0134. The summed E-state index contributed by atoms with van der Waals surface area (Å²) >= 11 is 0. The molecule has 2 N–H and O–H groups in total. The largest absolute Gasteiger partial charge is 0.347 e. The van der Waals surface area contributed by atoms with E-state index in [9.17, 15) is 4.79 Å². The van der Waals surface area contributed by atoms with Crippen LogP contribution in [-0.2, 0) is 0 Å². The molecule has 1 aromatic carbocycles. The smallest absolute Gasteiger partial charge is 0.251 e. The van der Waals surface area contributed by atoms with Gasteiger partial charge in [0.15, 0.2) is 5.82 Å². The fourth-order valence-corrected chi connectivity index (χ4v) is 4.53. The zero-order valence-corrected chi connectivity index (χ0v) is 16.0. The van der Waals surface area contributed by atoms with Crippen molar-refractivity contribution in [2.45, 2.75) is 63.5 Å². The molecule has 27 heavy (non-hydrogen) atoms. The number of aryl methyl sites for hydroxylation is 1. The van der Waals surface area contributed by atoms with E-state index in [4.69, 9.17) is 0 Å². The number of carbonyl (C=O) groups is 1. The van der Waals surface area contributed by atoms with Gasteiger partial charge < -0.3 is 5.32 Å². The number of nitrogens with zero attached hydrogens (tertiary/aromatic N) is 3. The zero-order chi connectivity index (χ0) is 18.6. The molecule has 2 heterocycles. The van der Waals surface area contributed by atoms with Gasteiger partial charge in [0.2, 0.25) is 0 Å². The van der Waals surface area contributed by atoms with Crippen LogP contribution in [0.3, 0.4) is 0 Å². The van der Waals surface area contributed by atoms with Gasteiger partial charge >= 0.3 is 0 Å². The second-order valence-electron chi connectivity index (χ2n) is 7.93. The van der Waals surface area contributed by atoms with E-state index in [1.54, 1.807) is 0 Å². The number of hydrogen-bond donors (Lipinski definition) is 2. The van der Waals surface area contributed by atoms with Gasteiger partial charge in [-0.25, -0.2) is 4.98 Å². The second-order valence-corrected chi connectivity index (χ2v) is 7.93. The summed E-state index contributed by atoms with van der Waals surface area (Å²) in [6.07, 6.45) is 7.85. The molecule has 6 nitrogen and oxygen atoms in total. The van der Waals surface area contributed by atoms with Gasteiger partial charge in [0.05, 0.1) is 12.0 Å². The van der Waals surface area contributed by atoms with E-state index in [2.05, 4.69) is 25.4 Å². The highest BCUT2D eigenvalue weighted by Crippen LogP contribution is 2.31. The average Bonchev–Trinajstić information content (AvgIpc) is 3.19. The highest BCUT2D eigenvalue weighted by molar-refractivity contribution is 5.94. The molecule has 0 radical (unpaired) electrons. The predicted molar refractivity (Wildman–Crippen MR) is 105 cm³/mol. The van der Waals surface area contributed by atoms with Gasteiger partial charge in [0.25, 0.3) is 5.91 Å². The third-order valence-electron chi connectivity index (χ3n) is 5.99. The summed E-state index contributed by atoms with van der Waals surface area (Å²) in [5.74, 6) is 1.76. The standard InChI is InChI=1S/C21H29N5O/c1-15-22-20(25-24-15)18-13-26(17-11-7-2-3-8-12-17)14-19(18)23-21(27)16-9-5-4-6-10-16/h4-6,9-10,17-19H,2-3,7-8,11-14H2,1H3,(H,23,27)(H,22,24,25)/t18-,19-/m1/s1. The SMILES string of the molecule is Cc1nc([C@@H]2CN(C3CCCCCC3)C[C@H]2NC(=O)c2ccccc2)n[nH]1. The van der Waals surface area contributed by atoms with Crippen LogP contribution in [0.15, 0.2) is 30.3 Å². The van der Waals surface area contributed by atoms with Crippen LogP contribution >= 0.6 is 0 Å². The number of amides is 1. The topological polar surface area (TPSA) is 73.9 Å². The molecule has 1 aromatic heterocycles. The molecule has 6 heteroatoms. The Kier molecular flexibility index (Phi) is 5.53. The van der Waals surface area contributed by atoms with Gasteiger partial charge in [0.1, 0.15) is 5.82 Å². The number of rotatable bonds is 4. The Hall–Kier alpha value is -2.21. The summed E-state index contributed by atoms with van der Waals surface area (Å²) in [6.45, 7) is 3.72. The highest BCUT2D eigenvalue weighted by atomic mass is 16.1. The van der Waals surface area contributed by atoms with Gasteiger partial charge in [-0.3, -0.25) is 14.8 Å². The summed E-state index contributed by atoms with van der Waals surface area (Å²) in [4.78, 5) is 19.9.